The zero-order chi connectivity index (χ0) is 11.7. The topological polar surface area (TPSA) is 60.8 Å². The molecule has 1 fully saturated rings. The lowest BCUT2D eigenvalue weighted by molar-refractivity contribution is 0.0697. The van der Waals surface area contributed by atoms with Gasteiger partial charge in [0, 0.05) is 13.1 Å². The van der Waals surface area contributed by atoms with Crippen molar-refractivity contribution in [3.05, 3.63) is 28.8 Å². The van der Waals surface area contributed by atoms with Gasteiger partial charge in [0.1, 0.15) is 0 Å². The van der Waals surface area contributed by atoms with Gasteiger partial charge < -0.3 is 15.1 Å². The third kappa shape index (κ3) is 1.99. The number of benzene rings is 1. The molecule has 5 heteroatoms. The van der Waals surface area contributed by atoms with Crippen molar-refractivity contribution in [2.24, 2.45) is 0 Å². The van der Waals surface area contributed by atoms with E-state index in [-0.39, 0.29) is 16.7 Å². The molecule has 0 radical (unpaired) electrons. The Bertz CT molecular complexity index is 422. The molecule has 1 aromatic rings. The van der Waals surface area contributed by atoms with Crippen LogP contribution in [0.15, 0.2) is 18.2 Å². The first kappa shape index (κ1) is 11.2. The minimum absolute atomic E-state index is 0.0977. The molecule has 0 aliphatic carbocycles. The fourth-order valence-corrected chi connectivity index (χ4v) is 2.22. The van der Waals surface area contributed by atoms with Crippen LogP contribution in [0.2, 0.25) is 5.02 Å². The molecule has 1 saturated heterocycles. The van der Waals surface area contributed by atoms with Crippen molar-refractivity contribution in [2.75, 3.05) is 18.0 Å². The van der Waals surface area contributed by atoms with Crippen molar-refractivity contribution >= 4 is 23.3 Å². The van der Waals surface area contributed by atoms with Crippen LogP contribution in [-0.4, -0.2) is 35.4 Å². The van der Waals surface area contributed by atoms with Gasteiger partial charge in [-0.05, 0) is 18.6 Å². The van der Waals surface area contributed by atoms with Gasteiger partial charge in [0.05, 0.1) is 22.4 Å². The van der Waals surface area contributed by atoms with Crippen molar-refractivity contribution in [1.29, 1.82) is 0 Å². The number of carbonyl (C=O) groups is 1. The lowest BCUT2D eigenvalue weighted by atomic mass is 10.2. The average Bonchev–Trinajstić information content (AvgIpc) is 2.64. The second kappa shape index (κ2) is 4.31. The van der Waals surface area contributed by atoms with E-state index in [0.717, 1.165) is 0 Å². The van der Waals surface area contributed by atoms with Gasteiger partial charge in [0.15, 0.2) is 0 Å². The summed E-state index contributed by atoms with van der Waals surface area (Å²) in [6, 6.07) is 4.91. The van der Waals surface area contributed by atoms with Gasteiger partial charge in [-0.2, -0.15) is 0 Å². The molecule has 1 aliphatic rings. The normalized spacial score (nSPS) is 20.1. The quantitative estimate of drug-likeness (QED) is 0.826. The van der Waals surface area contributed by atoms with E-state index in [1.165, 1.54) is 6.07 Å². The fourth-order valence-electron chi connectivity index (χ4n) is 1.89. The van der Waals surface area contributed by atoms with Crippen molar-refractivity contribution in [3.63, 3.8) is 0 Å². The summed E-state index contributed by atoms with van der Waals surface area (Å²) < 4.78 is 0. The second-order valence-corrected chi connectivity index (χ2v) is 4.21. The molecule has 1 atom stereocenters. The zero-order valence-electron chi connectivity index (χ0n) is 8.56. The molecule has 0 aromatic heterocycles. The van der Waals surface area contributed by atoms with Gasteiger partial charge in [0.25, 0.3) is 0 Å². The Hall–Kier alpha value is -1.26. The van der Waals surface area contributed by atoms with Gasteiger partial charge in [-0.3, -0.25) is 0 Å². The lowest BCUT2D eigenvalue weighted by Gasteiger charge is -2.19. The highest BCUT2D eigenvalue weighted by molar-refractivity contribution is 6.36. The van der Waals surface area contributed by atoms with Crippen LogP contribution in [0.1, 0.15) is 16.8 Å². The number of halogens is 1. The molecule has 86 valence electrons. The Balaban J connectivity index is 2.34. The van der Waals surface area contributed by atoms with Crippen molar-refractivity contribution < 1.29 is 15.0 Å². The van der Waals surface area contributed by atoms with Gasteiger partial charge in [-0.15, -0.1) is 0 Å². The predicted octanol–water partition coefficient (Wildman–Crippen LogP) is 1.61. The van der Waals surface area contributed by atoms with E-state index in [1.807, 2.05) is 4.90 Å². The summed E-state index contributed by atoms with van der Waals surface area (Å²) in [5.74, 6) is -1.04. The number of carboxylic acid groups (broad SMARTS) is 1. The summed E-state index contributed by atoms with van der Waals surface area (Å²) in [6.45, 7) is 1.20. The molecular formula is C11H12ClNO3. The first-order valence-electron chi connectivity index (χ1n) is 5.04. The van der Waals surface area contributed by atoms with E-state index >= 15 is 0 Å². The Morgan fingerprint density at radius 3 is 2.81 bits per heavy atom. The van der Waals surface area contributed by atoms with E-state index in [2.05, 4.69) is 0 Å². The van der Waals surface area contributed by atoms with Crippen molar-refractivity contribution in [2.45, 2.75) is 12.5 Å². The number of anilines is 1. The highest BCUT2D eigenvalue weighted by Gasteiger charge is 2.23. The highest BCUT2D eigenvalue weighted by atomic mass is 35.5. The number of β-amino-alcohol motifs (C(OH)–C–C–N with tert-alkyl or cyclic N) is 1. The summed E-state index contributed by atoms with van der Waals surface area (Å²) in [6.07, 6.45) is 0.331. The first-order chi connectivity index (χ1) is 7.59. The Labute approximate surface area is 98.1 Å². The summed E-state index contributed by atoms with van der Waals surface area (Å²) in [7, 11) is 0. The molecule has 0 unspecified atom stereocenters. The molecule has 4 nitrogen and oxygen atoms in total. The minimum Gasteiger partial charge on any atom is -0.478 e. The summed E-state index contributed by atoms with van der Waals surface area (Å²) in [4.78, 5) is 12.8. The van der Waals surface area contributed by atoms with Crippen LogP contribution in [0.25, 0.3) is 0 Å². The van der Waals surface area contributed by atoms with Gasteiger partial charge in [0.2, 0.25) is 0 Å². The number of nitrogens with zero attached hydrogens (tertiary/aromatic N) is 1. The average molecular weight is 242 g/mol. The third-order valence-electron chi connectivity index (χ3n) is 2.71. The van der Waals surface area contributed by atoms with Crippen LogP contribution in [0.3, 0.4) is 0 Å². The molecule has 1 aliphatic heterocycles. The smallest absolute Gasteiger partial charge is 0.337 e. The molecule has 0 bridgehead atoms. The molecule has 0 amide bonds. The molecule has 0 spiro atoms. The van der Waals surface area contributed by atoms with E-state index < -0.39 is 5.97 Å². The number of aliphatic hydroxyl groups is 1. The molecule has 2 N–H and O–H groups in total. The standard InChI is InChI=1S/C11H12ClNO3/c12-10-8(11(15)16)2-1-3-9(10)13-5-4-7(14)6-13/h1-3,7,14H,4-6H2,(H,15,16)/t7-/m1/s1. The molecule has 1 heterocycles. The minimum atomic E-state index is -1.04. The summed E-state index contributed by atoms with van der Waals surface area (Å²) in [5.41, 5.74) is 0.777. The Morgan fingerprint density at radius 2 is 2.25 bits per heavy atom. The van der Waals surface area contributed by atoms with E-state index in [9.17, 15) is 9.90 Å². The number of carboxylic acids is 1. The van der Waals surface area contributed by atoms with Crippen LogP contribution >= 0.6 is 11.6 Å². The summed E-state index contributed by atoms with van der Waals surface area (Å²) >= 11 is 6.03. The fraction of sp³-hybridized carbons (Fsp3) is 0.364. The van der Waals surface area contributed by atoms with Crippen LogP contribution in [0.4, 0.5) is 5.69 Å². The van der Waals surface area contributed by atoms with Crippen molar-refractivity contribution in [3.8, 4) is 0 Å². The number of hydrogen-bond donors (Lipinski definition) is 2. The number of aliphatic hydroxyl groups excluding tert-OH is 1. The van der Waals surface area contributed by atoms with Gasteiger partial charge in [-0.25, -0.2) is 4.79 Å². The second-order valence-electron chi connectivity index (χ2n) is 3.83. The summed E-state index contributed by atoms with van der Waals surface area (Å²) in [5, 5.41) is 18.6. The molecule has 0 saturated carbocycles. The molecule has 1 aromatic carbocycles. The largest absolute Gasteiger partial charge is 0.478 e. The van der Waals surface area contributed by atoms with Crippen LogP contribution in [-0.2, 0) is 0 Å². The molecular weight excluding hydrogens is 230 g/mol. The molecule has 2 rings (SSSR count). The number of aromatic carboxylic acids is 1. The first-order valence-corrected chi connectivity index (χ1v) is 5.42. The van der Waals surface area contributed by atoms with Crippen LogP contribution in [0, 0.1) is 0 Å². The highest BCUT2D eigenvalue weighted by Crippen LogP contribution is 2.31. The van der Waals surface area contributed by atoms with E-state index in [1.54, 1.807) is 12.1 Å². The number of hydrogen-bond acceptors (Lipinski definition) is 3. The maximum Gasteiger partial charge on any atom is 0.337 e. The SMILES string of the molecule is O=C(O)c1cccc(N2CC[C@@H](O)C2)c1Cl. The lowest BCUT2D eigenvalue weighted by Crippen LogP contribution is -2.21. The monoisotopic (exact) mass is 241 g/mol. The van der Waals surface area contributed by atoms with E-state index in [4.69, 9.17) is 16.7 Å². The zero-order valence-corrected chi connectivity index (χ0v) is 9.31. The van der Waals surface area contributed by atoms with Crippen LogP contribution in [0.5, 0.6) is 0 Å². The Kier molecular flexibility index (Phi) is 3.03. The van der Waals surface area contributed by atoms with Crippen molar-refractivity contribution in [1.82, 2.24) is 0 Å². The van der Waals surface area contributed by atoms with E-state index in [0.29, 0.717) is 25.2 Å². The predicted molar refractivity (Wildman–Crippen MR) is 61.2 cm³/mol. The number of rotatable bonds is 2. The maximum absolute atomic E-state index is 10.9. The molecule has 16 heavy (non-hydrogen) atoms. The Morgan fingerprint density at radius 1 is 1.50 bits per heavy atom. The van der Waals surface area contributed by atoms with Gasteiger partial charge in [-0.1, -0.05) is 17.7 Å². The van der Waals surface area contributed by atoms with Gasteiger partial charge >= 0.3 is 5.97 Å². The third-order valence-corrected chi connectivity index (χ3v) is 3.11. The van der Waals surface area contributed by atoms with Crippen LogP contribution < -0.4 is 4.90 Å². The maximum atomic E-state index is 10.9.